The molecule has 2 aromatic rings. The molecule has 0 aliphatic carbocycles. The van der Waals surface area contributed by atoms with Gasteiger partial charge >= 0.3 is 5.97 Å². The Hall–Kier alpha value is -2.36. The number of aryl methyl sites for hydroxylation is 1. The molecule has 0 saturated carbocycles. The lowest BCUT2D eigenvalue weighted by molar-refractivity contribution is 0.0690. The smallest absolute Gasteiger partial charge is 0.354 e. The zero-order chi connectivity index (χ0) is 13.0. The van der Waals surface area contributed by atoms with Crippen LogP contribution in [0.15, 0.2) is 42.5 Å². The van der Waals surface area contributed by atoms with E-state index in [2.05, 4.69) is 17.2 Å². The third kappa shape index (κ3) is 2.85. The van der Waals surface area contributed by atoms with Crippen molar-refractivity contribution >= 4 is 17.5 Å². The molecule has 0 aliphatic heterocycles. The van der Waals surface area contributed by atoms with Crippen LogP contribution in [0.1, 0.15) is 23.0 Å². The molecule has 0 radical (unpaired) electrons. The molecule has 0 unspecified atom stereocenters. The van der Waals surface area contributed by atoms with Crippen molar-refractivity contribution in [1.82, 2.24) is 4.98 Å². The maximum atomic E-state index is 10.8. The lowest BCUT2D eigenvalue weighted by atomic mass is 10.1. The number of nitrogens with one attached hydrogen (secondary N) is 1. The van der Waals surface area contributed by atoms with Crippen LogP contribution in [-0.2, 0) is 6.42 Å². The molecule has 0 spiro atoms. The fourth-order valence-electron chi connectivity index (χ4n) is 1.64. The molecule has 0 amide bonds. The first-order chi connectivity index (χ1) is 8.69. The zero-order valence-electron chi connectivity index (χ0n) is 10.1. The van der Waals surface area contributed by atoms with Crippen LogP contribution in [0.25, 0.3) is 0 Å². The first-order valence-corrected chi connectivity index (χ1v) is 5.75. The molecule has 1 heterocycles. The van der Waals surface area contributed by atoms with Crippen LogP contribution in [0, 0.1) is 0 Å². The molecule has 0 fully saturated rings. The summed E-state index contributed by atoms with van der Waals surface area (Å²) in [6, 6.07) is 12.8. The average Bonchev–Trinajstić information content (AvgIpc) is 2.39. The van der Waals surface area contributed by atoms with Gasteiger partial charge in [0.2, 0.25) is 0 Å². The van der Waals surface area contributed by atoms with Crippen LogP contribution < -0.4 is 5.32 Å². The minimum absolute atomic E-state index is 0.0339. The molecule has 0 aliphatic rings. The van der Waals surface area contributed by atoms with Crippen LogP contribution in [0.2, 0.25) is 0 Å². The van der Waals surface area contributed by atoms with Gasteiger partial charge in [0.15, 0.2) is 5.69 Å². The lowest BCUT2D eigenvalue weighted by Crippen LogP contribution is -2.02. The molecule has 2 N–H and O–H groups in total. The third-order valence-corrected chi connectivity index (χ3v) is 2.58. The number of rotatable bonds is 4. The highest BCUT2D eigenvalue weighted by Crippen LogP contribution is 2.16. The van der Waals surface area contributed by atoms with E-state index in [4.69, 9.17) is 5.11 Å². The molecule has 1 aromatic heterocycles. The number of hydrogen-bond acceptors (Lipinski definition) is 3. The topological polar surface area (TPSA) is 62.2 Å². The highest BCUT2D eigenvalue weighted by atomic mass is 16.4. The van der Waals surface area contributed by atoms with Gasteiger partial charge in [-0.15, -0.1) is 0 Å². The van der Waals surface area contributed by atoms with Crippen molar-refractivity contribution in [2.45, 2.75) is 13.3 Å². The molecule has 1 aromatic carbocycles. The summed E-state index contributed by atoms with van der Waals surface area (Å²) in [6.07, 6.45) is 0.956. The van der Waals surface area contributed by atoms with Gasteiger partial charge in [0.1, 0.15) is 5.82 Å². The standard InChI is InChI=1S/C14H14N2O2/c1-2-10-5-3-6-11(9-10)15-13-8-4-7-12(16-13)14(17)18/h3-9H,2H2,1H3,(H,15,16)(H,17,18). The molecule has 18 heavy (non-hydrogen) atoms. The van der Waals surface area contributed by atoms with Gasteiger partial charge in [-0.2, -0.15) is 0 Å². The second-order valence-corrected chi connectivity index (χ2v) is 3.89. The summed E-state index contributed by atoms with van der Waals surface area (Å²) in [6.45, 7) is 2.09. The Balaban J connectivity index is 2.22. The number of aromatic nitrogens is 1. The number of nitrogens with zero attached hydrogens (tertiary/aromatic N) is 1. The van der Waals surface area contributed by atoms with E-state index in [1.165, 1.54) is 11.6 Å². The minimum Gasteiger partial charge on any atom is -0.477 e. The normalized spacial score (nSPS) is 10.1. The highest BCUT2D eigenvalue weighted by Gasteiger charge is 2.05. The number of aromatic carboxylic acids is 1. The van der Waals surface area contributed by atoms with Crippen LogP contribution >= 0.6 is 0 Å². The summed E-state index contributed by atoms with van der Waals surface area (Å²) in [5, 5.41) is 12.0. The van der Waals surface area contributed by atoms with Crippen LogP contribution in [-0.4, -0.2) is 16.1 Å². The Bertz CT molecular complexity index is 567. The first-order valence-electron chi connectivity index (χ1n) is 5.75. The maximum absolute atomic E-state index is 10.8. The SMILES string of the molecule is CCc1cccc(Nc2cccc(C(=O)O)n2)c1. The van der Waals surface area contributed by atoms with E-state index < -0.39 is 5.97 Å². The van der Waals surface area contributed by atoms with Crippen molar-refractivity contribution < 1.29 is 9.90 Å². The van der Waals surface area contributed by atoms with Gasteiger partial charge in [0.05, 0.1) is 0 Å². The van der Waals surface area contributed by atoms with Crippen molar-refractivity contribution in [3.63, 3.8) is 0 Å². The number of anilines is 2. The predicted molar refractivity (Wildman–Crippen MR) is 70.3 cm³/mol. The second kappa shape index (κ2) is 5.31. The second-order valence-electron chi connectivity index (χ2n) is 3.89. The van der Waals surface area contributed by atoms with E-state index in [0.29, 0.717) is 5.82 Å². The van der Waals surface area contributed by atoms with Gasteiger partial charge in [0.25, 0.3) is 0 Å². The summed E-state index contributed by atoms with van der Waals surface area (Å²) < 4.78 is 0. The lowest BCUT2D eigenvalue weighted by Gasteiger charge is -2.07. The van der Waals surface area contributed by atoms with Crippen molar-refractivity contribution in [2.24, 2.45) is 0 Å². The molecular formula is C14H14N2O2. The van der Waals surface area contributed by atoms with Gasteiger partial charge in [0, 0.05) is 5.69 Å². The van der Waals surface area contributed by atoms with Gasteiger partial charge in [-0.25, -0.2) is 9.78 Å². The zero-order valence-corrected chi connectivity index (χ0v) is 10.1. The van der Waals surface area contributed by atoms with E-state index >= 15 is 0 Å². The quantitative estimate of drug-likeness (QED) is 0.864. The maximum Gasteiger partial charge on any atom is 0.354 e. The Morgan fingerprint density at radius 3 is 2.78 bits per heavy atom. The molecule has 0 saturated heterocycles. The van der Waals surface area contributed by atoms with Crippen molar-refractivity contribution in [3.8, 4) is 0 Å². The monoisotopic (exact) mass is 242 g/mol. The molecule has 4 nitrogen and oxygen atoms in total. The van der Waals surface area contributed by atoms with Crippen molar-refractivity contribution in [2.75, 3.05) is 5.32 Å². The molecule has 0 atom stereocenters. The average molecular weight is 242 g/mol. The van der Waals surface area contributed by atoms with Gasteiger partial charge < -0.3 is 10.4 Å². The fourth-order valence-corrected chi connectivity index (χ4v) is 1.64. The molecule has 4 heteroatoms. The van der Waals surface area contributed by atoms with Crippen LogP contribution in [0.3, 0.4) is 0 Å². The largest absolute Gasteiger partial charge is 0.477 e. The summed E-state index contributed by atoms with van der Waals surface area (Å²) in [7, 11) is 0. The summed E-state index contributed by atoms with van der Waals surface area (Å²) >= 11 is 0. The van der Waals surface area contributed by atoms with E-state index in [0.717, 1.165) is 12.1 Å². The Morgan fingerprint density at radius 1 is 1.28 bits per heavy atom. The van der Waals surface area contributed by atoms with Crippen molar-refractivity contribution in [3.05, 3.63) is 53.7 Å². The van der Waals surface area contributed by atoms with Crippen LogP contribution in [0.4, 0.5) is 11.5 Å². The Labute approximate surface area is 105 Å². The predicted octanol–water partition coefficient (Wildman–Crippen LogP) is 3.09. The van der Waals surface area contributed by atoms with Gasteiger partial charge in [-0.05, 0) is 36.2 Å². The summed E-state index contributed by atoms with van der Waals surface area (Å²) in [5.74, 6) is -0.496. The third-order valence-electron chi connectivity index (χ3n) is 2.58. The van der Waals surface area contributed by atoms with Gasteiger partial charge in [-0.3, -0.25) is 0 Å². The van der Waals surface area contributed by atoms with E-state index in [-0.39, 0.29) is 5.69 Å². The summed E-state index contributed by atoms with van der Waals surface area (Å²) in [5.41, 5.74) is 2.16. The Morgan fingerprint density at radius 2 is 2.06 bits per heavy atom. The molecular weight excluding hydrogens is 228 g/mol. The number of benzene rings is 1. The number of carboxylic acids is 1. The highest BCUT2D eigenvalue weighted by molar-refractivity contribution is 5.85. The number of carboxylic acid groups (broad SMARTS) is 1. The van der Waals surface area contributed by atoms with Crippen molar-refractivity contribution in [1.29, 1.82) is 0 Å². The number of pyridine rings is 1. The fraction of sp³-hybridized carbons (Fsp3) is 0.143. The molecule has 2 rings (SSSR count). The van der Waals surface area contributed by atoms with E-state index in [1.54, 1.807) is 12.1 Å². The van der Waals surface area contributed by atoms with Crippen LogP contribution in [0.5, 0.6) is 0 Å². The number of hydrogen-bond donors (Lipinski definition) is 2. The molecule has 0 bridgehead atoms. The minimum atomic E-state index is -1.03. The Kier molecular flexibility index (Phi) is 3.57. The number of carbonyl (C=O) groups is 1. The van der Waals surface area contributed by atoms with E-state index in [1.807, 2.05) is 24.3 Å². The van der Waals surface area contributed by atoms with E-state index in [9.17, 15) is 4.79 Å². The molecule has 92 valence electrons. The van der Waals surface area contributed by atoms with Gasteiger partial charge in [-0.1, -0.05) is 25.1 Å². The summed E-state index contributed by atoms with van der Waals surface area (Å²) in [4.78, 5) is 14.8. The first kappa shape index (κ1) is 12.1.